The summed E-state index contributed by atoms with van der Waals surface area (Å²) in [5, 5.41) is 15.0. The highest BCUT2D eigenvalue weighted by atomic mass is 35.5. The van der Waals surface area contributed by atoms with Gasteiger partial charge in [0.1, 0.15) is 0 Å². The number of hydrogen-bond donors (Lipinski definition) is 1. The number of aromatic nitrogens is 2. The highest BCUT2D eigenvalue weighted by Gasteiger charge is 2.31. The highest BCUT2D eigenvalue weighted by molar-refractivity contribution is 6.31. The first-order valence-corrected chi connectivity index (χ1v) is 5.91. The van der Waals surface area contributed by atoms with Gasteiger partial charge in [0.25, 0.3) is 0 Å². The SMILES string of the molecule is CCn1nc(C)c(Cl)c1CC(O)C1CC1. The molecule has 0 amide bonds. The largest absolute Gasteiger partial charge is 0.392 e. The standard InChI is InChI=1S/C11H17ClN2O/c1-3-14-9(11(12)7(2)13-14)6-10(15)8-4-5-8/h8,10,15H,3-6H2,1-2H3. The van der Waals surface area contributed by atoms with E-state index in [9.17, 15) is 5.11 Å². The second-order valence-corrected chi connectivity index (χ2v) is 4.65. The molecule has 1 aliphatic rings. The molecule has 0 aromatic carbocycles. The number of aliphatic hydroxyl groups is 1. The van der Waals surface area contributed by atoms with Crippen LogP contribution in [0.3, 0.4) is 0 Å². The lowest BCUT2D eigenvalue weighted by atomic mass is 10.1. The lowest BCUT2D eigenvalue weighted by Crippen LogP contribution is -2.16. The van der Waals surface area contributed by atoms with Crippen molar-refractivity contribution in [3.63, 3.8) is 0 Å². The minimum absolute atomic E-state index is 0.246. The Hall–Kier alpha value is -0.540. The molecule has 1 fully saturated rings. The molecule has 1 atom stereocenters. The van der Waals surface area contributed by atoms with E-state index in [0.717, 1.165) is 35.8 Å². The summed E-state index contributed by atoms with van der Waals surface area (Å²) in [6.45, 7) is 4.75. The lowest BCUT2D eigenvalue weighted by molar-refractivity contribution is 0.149. The van der Waals surface area contributed by atoms with Gasteiger partial charge in [-0.05, 0) is 32.6 Å². The van der Waals surface area contributed by atoms with Crippen LogP contribution >= 0.6 is 11.6 Å². The van der Waals surface area contributed by atoms with Crippen LogP contribution in [0.1, 0.15) is 31.2 Å². The molecule has 2 rings (SSSR count). The first-order valence-electron chi connectivity index (χ1n) is 5.53. The predicted molar refractivity (Wildman–Crippen MR) is 60.1 cm³/mol. The van der Waals surface area contributed by atoms with Crippen LogP contribution in [0.4, 0.5) is 0 Å². The van der Waals surface area contributed by atoms with E-state index in [4.69, 9.17) is 11.6 Å². The summed E-state index contributed by atoms with van der Waals surface area (Å²) in [7, 11) is 0. The topological polar surface area (TPSA) is 38.0 Å². The third kappa shape index (κ3) is 2.18. The second kappa shape index (κ2) is 4.14. The van der Waals surface area contributed by atoms with Gasteiger partial charge in [-0.1, -0.05) is 11.6 Å². The Labute approximate surface area is 95.0 Å². The average Bonchev–Trinajstić information content (AvgIpc) is 3.01. The van der Waals surface area contributed by atoms with Crippen molar-refractivity contribution in [2.24, 2.45) is 5.92 Å². The Morgan fingerprint density at radius 1 is 1.60 bits per heavy atom. The van der Waals surface area contributed by atoms with Gasteiger partial charge in [0.2, 0.25) is 0 Å². The summed E-state index contributed by atoms with van der Waals surface area (Å²) in [5.41, 5.74) is 1.84. The van der Waals surface area contributed by atoms with Crippen LogP contribution in [-0.2, 0) is 13.0 Å². The van der Waals surface area contributed by atoms with Gasteiger partial charge in [-0.2, -0.15) is 5.10 Å². The minimum Gasteiger partial charge on any atom is -0.392 e. The zero-order valence-corrected chi connectivity index (χ0v) is 9.96. The molecule has 84 valence electrons. The van der Waals surface area contributed by atoms with E-state index in [1.165, 1.54) is 0 Å². The fourth-order valence-corrected chi connectivity index (χ4v) is 2.12. The molecule has 0 aliphatic heterocycles. The van der Waals surface area contributed by atoms with Gasteiger partial charge >= 0.3 is 0 Å². The monoisotopic (exact) mass is 228 g/mol. The van der Waals surface area contributed by atoms with Crippen LogP contribution in [-0.4, -0.2) is 21.0 Å². The molecule has 4 heteroatoms. The van der Waals surface area contributed by atoms with Crippen LogP contribution in [0.15, 0.2) is 0 Å². The van der Waals surface area contributed by atoms with E-state index in [1.807, 2.05) is 18.5 Å². The summed E-state index contributed by atoms with van der Waals surface area (Å²) in [5.74, 6) is 0.488. The van der Waals surface area contributed by atoms with E-state index in [-0.39, 0.29) is 6.10 Å². The first kappa shape index (κ1) is 11.0. The number of aryl methyl sites for hydroxylation is 2. The van der Waals surface area contributed by atoms with E-state index >= 15 is 0 Å². The van der Waals surface area contributed by atoms with Crippen molar-refractivity contribution in [3.8, 4) is 0 Å². The molecule has 0 radical (unpaired) electrons. The first-order chi connectivity index (χ1) is 7.13. The normalized spacial score (nSPS) is 18.1. The van der Waals surface area contributed by atoms with Gasteiger partial charge in [0.05, 0.1) is 22.5 Å². The summed E-state index contributed by atoms with van der Waals surface area (Å²) in [4.78, 5) is 0. The fraction of sp³-hybridized carbons (Fsp3) is 0.727. The Balaban J connectivity index is 2.17. The molecule has 1 saturated carbocycles. The molecule has 0 saturated heterocycles. The number of hydrogen-bond acceptors (Lipinski definition) is 2. The quantitative estimate of drug-likeness (QED) is 0.858. The molecule has 1 unspecified atom stereocenters. The summed E-state index contributed by atoms with van der Waals surface area (Å²) < 4.78 is 1.89. The maximum atomic E-state index is 9.90. The van der Waals surface area contributed by atoms with Crippen LogP contribution in [0.2, 0.25) is 5.02 Å². The van der Waals surface area contributed by atoms with Crippen molar-refractivity contribution in [1.29, 1.82) is 0 Å². The highest BCUT2D eigenvalue weighted by Crippen LogP contribution is 2.35. The molecule has 15 heavy (non-hydrogen) atoms. The van der Waals surface area contributed by atoms with Crippen LogP contribution < -0.4 is 0 Å². The van der Waals surface area contributed by atoms with Gasteiger partial charge in [-0.3, -0.25) is 4.68 Å². The number of nitrogens with zero attached hydrogens (tertiary/aromatic N) is 2. The van der Waals surface area contributed by atoms with Crippen molar-refractivity contribution in [2.45, 2.75) is 45.8 Å². The predicted octanol–water partition coefficient (Wildman–Crippen LogP) is 2.18. The molecule has 1 aliphatic carbocycles. The van der Waals surface area contributed by atoms with Gasteiger partial charge in [0, 0.05) is 13.0 Å². The molecular weight excluding hydrogens is 212 g/mol. The molecule has 1 heterocycles. The number of aliphatic hydroxyl groups excluding tert-OH is 1. The Morgan fingerprint density at radius 3 is 2.80 bits per heavy atom. The zero-order valence-electron chi connectivity index (χ0n) is 9.20. The van der Waals surface area contributed by atoms with Crippen LogP contribution in [0.25, 0.3) is 0 Å². The van der Waals surface area contributed by atoms with Gasteiger partial charge in [-0.25, -0.2) is 0 Å². The molecular formula is C11H17ClN2O. The number of rotatable bonds is 4. The summed E-state index contributed by atoms with van der Waals surface area (Å²) in [6, 6.07) is 0. The van der Waals surface area contributed by atoms with Crippen molar-refractivity contribution >= 4 is 11.6 Å². The Kier molecular flexibility index (Phi) is 3.03. The summed E-state index contributed by atoms with van der Waals surface area (Å²) >= 11 is 6.17. The molecule has 0 spiro atoms. The lowest BCUT2D eigenvalue weighted by Gasteiger charge is -2.10. The summed E-state index contributed by atoms with van der Waals surface area (Å²) in [6.07, 6.45) is 2.69. The van der Waals surface area contributed by atoms with E-state index in [0.29, 0.717) is 12.3 Å². The zero-order chi connectivity index (χ0) is 11.0. The fourth-order valence-electron chi connectivity index (χ4n) is 1.91. The Bertz CT molecular complexity index is 358. The van der Waals surface area contributed by atoms with Gasteiger partial charge in [-0.15, -0.1) is 0 Å². The van der Waals surface area contributed by atoms with Crippen LogP contribution in [0.5, 0.6) is 0 Å². The van der Waals surface area contributed by atoms with Crippen molar-refractivity contribution in [1.82, 2.24) is 9.78 Å². The van der Waals surface area contributed by atoms with Crippen molar-refractivity contribution in [2.75, 3.05) is 0 Å². The molecule has 1 aromatic rings. The Morgan fingerprint density at radius 2 is 2.27 bits per heavy atom. The molecule has 1 aromatic heterocycles. The van der Waals surface area contributed by atoms with E-state index in [1.54, 1.807) is 0 Å². The van der Waals surface area contributed by atoms with Gasteiger partial charge < -0.3 is 5.11 Å². The maximum Gasteiger partial charge on any atom is 0.0848 e. The second-order valence-electron chi connectivity index (χ2n) is 4.27. The van der Waals surface area contributed by atoms with E-state index < -0.39 is 0 Å². The van der Waals surface area contributed by atoms with Crippen molar-refractivity contribution < 1.29 is 5.11 Å². The number of halogens is 1. The molecule has 1 N–H and O–H groups in total. The van der Waals surface area contributed by atoms with E-state index in [2.05, 4.69) is 5.10 Å². The van der Waals surface area contributed by atoms with Crippen LogP contribution in [0, 0.1) is 12.8 Å². The average molecular weight is 229 g/mol. The maximum absolute atomic E-state index is 9.90. The minimum atomic E-state index is -0.246. The third-order valence-electron chi connectivity index (χ3n) is 3.02. The van der Waals surface area contributed by atoms with Crippen molar-refractivity contribution in [3.05, 3.63) is 16.4 Å². The molecule has 3 nitrogen and oxygen atoms in total. The molecule has 0 bridgehead atoms. The van der Waals surface area contributed by atoms with Gasteiger partial charge in [0.15, 0.2) is 0 Å². The smallest absolute Gasteiger partial charge is 0.0848 e. The third-order valence-corrected chi connectivity index (χ3v) is 3.51.